The molecule has 1 atom stereocenters. The van der Waals surface area contributed by atoms with Crippen molar-refractivity contribution in [1.29, 1.82) is 0 Å². The minimum absolute atomic E-state index is 0.0333. The van der Waals surface area contributed by atoms with E-state index in [2.05, 4.69) is 19.9 Å². The molecule has 4 rings (SSSR count). The average Bonchev–Trinajstić information content (AvgIpc) is 3.06. The summed E-state index contributed by atoms with van der Waals surface area (Å²) in [7, 11) is 0. The second-order valence-corrected chi connectivity index (χ2v) is 6.21. The first-order chi connectivity index (χ1) is 11.8. The zero-order valence-electron chi connectivity index (χ0n) is 13.3. The Morgan fingerprint density at radius 3 is 2.67 bits per heavy atom. The topological polar surface area (TPSA) is 71.5 Å². The average molecular weight is 325 g/mol. The van der Waals surface area contributed by atoms with Crippen molar-refractivity contribution in [3.8, 4) is 0 Å². The maximum atomic E-state index is 12.6. The second-order valence-electron chi connectivity index (χ2n) is 6.21. The molecule has 4 heterocycles. The molecule has 2 aliphatic heterocycles. The summed E-state index contributed by atoms with van der Waals surface area (Å²) >= 11 is 0. The van der Waals surface area contributed by atoms with E-state index in [1.807, 2.05) is 11.0 Å². The van der Waals surface area contributed by atoms with Gasteiger partial charge in [0.25, 0.3) is 5.91 Å². The third-order valence-electron chi connectivity index (χ3n) is 4.61. The first-order valence-electron chi connectivity index (χ1n) is 8.11. The number of pyridine rings is 1. The van der Waals surface area contributed by atoms with Gasteiger partial charge >= 0.3 is 0 Å². The summed E-state index contributed by atoms with van der Waals surface area (Å²) in [5.41, 5.74) is 0.335. The first kappa shape index (κ1) is 15.0. The number of likely N-dealkylation sites (tertiary alicyclic amines) is 1. The molecule has 24 heavy (non-hydrogen) atoms. The van der Waals surface area contributed by atoms with Crippen LogP contribution in [0.5, 0.6) is 0 Å². The van der Waals surface area contributed by atoms with Crippen molar-refractivity contribution in [2.75, 3.05) is 37.7 Å². The van der Waals surface area contributed by atoms with E-state index >= 15 is 0 Å². The van der Waals surface area contributed by atoms with E-state index in [1.165, 1.54) is 0 Å². The van der Waals surface area contributed by atoms with Crippen LogP contribution in [0, 0.1) is 0 Å². The molecule has 0 aliphatic carbocycles. The molecule has 0 aromatic carbocycles. The van der Waals surface area contributed by atoms with Crippen molar-refractivity contribution >= 4 is 11.9 Å². The molecular weight excluding hydrogens is 306 g/mol. The number of hydrogen-bond acceptors (Lipinski definition) is 6. The van der Waals surface area contributed by atoms with Gasteiger partial charge in [-0.3, -0.25) is 9.78 Å². The highest BCUT2D eigenvalue weighted by Crippen LogP contribution is 2.31. The van der Waals surface area contributed by atoms with Gasteiger partial charge in [0, 0.05) is 43.4 Å². The Kier molecular flexibility index (Phi) is 3.86. The number of morpholine rings is 1. The summed E-state index contributed by atoms with van der Waals surface area (Å²) in [6.07, 6.45) is 7.61. The van der Waals surface area contributed by atoms with Crippen LogP contribution >= 0.6 is 0 Å². The number of amides is 1. The third-order valence-corrected chi connectivity index (χ3v) is 4.61. The number of ether oxygens (including phenoxy) is 1. The molecule has 2 aliphatic rings. The van der Waals surface area contributed by atoms with Crippen molar-refractivity contribution in [3.63, 3.8) is 0 Å². The molecule has 0 N–H and O–H groups in total. The zero-order chi connectivity index (χ0) is 16.4. The van der Waals surface area contributed by atoms with Crippen LogP contribution < -0.4 is 4.90 Å². The Labute approximate surface area is 140 Å². The maximum Gasteiger partial charge on any atom is 0.254 e. The van der Waals surface area contributed by atoms with E-state index in [1.54, 1.807) is 36.9 Å². The van der Waals surface area contributed by atoms with Crippen molar-refractivity contribution in [2.45, 2.75) is 12.0 Å². The molecule has 2 aromatic heterocycles. The Morgan fingerprint density at radius 2 is 1.88 bits per heavy atom. The van der Waals surface area contributed by atoms with E-state index in [0.29, 0.717) is 31.8 Å². The number of rotatable bonds is 2. The predicted molar refractivity (Wildman–Crippen MR) is 87.7 cm³/mol. The lowest BCUT2D eigenvalue weighted by molar-refractivity contribution is -0.0462. The minimum atomic E-state index is -0.333. The molecule has 1 amide bonds. The Hall–Kier alpha value is -2.54. The summed E-state index contributed by atoms with van der Waals surface area (Å²) in [6, 6.07) is 5.31. The standard InChI is InChI=1S/C17H19N5O2/c23-15(14-2-7-18-8-3-14)21-9-4-17(12-21)13-22(10-11-24-17)16-19-5-1-6-20-16/h1-3,5-8H,4,9-13H2/t17-/m1/s1. The fourth-order valence-corrected chi connectivity index (χ4v) is 3.41. The van der Waals surface area contributed by atoms with Crippen molar-refractivity contribution in [1.82, 2.24) is 19.9 Å². The maximum absolute atomic E-state index is 12.6. The van der Waals surface area contributed by atoms with Crippen molar-refractivity contribution < 1.29 is 9.53 Å². The van der Waals surface area contributed by atoms with E-state index in [-0.39, 0.29) is 11.5 Å². The molecule has 7 nitrogen and oxygen atoms in total. The molecule has 2 fully saturated rings. The van der Waals surface area contributed by atoms with Gasteiger partial charge in [-0.15, -0.1) is 0 Å². The Balaban J connectivity index is 1.48. The van der Waals surface area contributed by atoms with E-state index in [4.69, 9.17) is 4.74 Å². The molecule has 0 unspecified atom stereocenters. The molecule has 124 valence electrons. The first-order valence-corrected chi connectivity index (χ1v) is 8.11. The Bertz CT molecular complexity index is 711. The van der Waals surface area contributed by atoms with Crippen molar-refractivity contribution in [2.24, 2.45) is 0 Å². The van der Waals surface area contributed by atoms with Gasteiger partial charge in [-0.05, 0) is 24.6 Å². The van der Waals surface area contributed by atoms with Gasteiger partial charge in [-0.25, -0.2) is 9.97 Å². The third kappa shape index (κ3) is 2.82. The van der Waals surface area contributed by atoms with Crippen LogP contribution in [0.2, 0.25) is 0 Å². The number of anilines is 1. The molecular formula is C17H19N5O2. The largest absolute Gasteiger partial charge is 0.369 e. The van der Waals surface area contributed by atoms with Crippen LogP contribution in [0.3, 0.4) is 0 Å². The van der Waals surface area contributed by atoms with E-state index in [0.717, 1.165) is 18.9 Å². The van der Waals surface area contributed by atoms with Gasteiger partial charge < -0.3 is 14.5 Å². The van der Waals surface area contributed by atoms with Crippen LogP contribution in [-0.2, 0) is 4.74 Å². The lowest BCUT2D eigenvalue weighted by atomic mass is 10.0. The quantitative estimate of drug-likeness (QED) is 0.820. The predicted octanol–water partition coefficient (Wildman–Crippen LogP) is 0.993. The fraction of sp³-hybridized carbons (Fsp3) is 0.412. The highest BCUT2D eigenvalue weighted by atomic mass is 16.5. The normalized spacial score (nSPS) is 23.7. The molecule has 2 aromatic rings. The van der Waals surface area contributed by atoms with Crippen LogP contribution in [0.1, 0.15) is 16.8 Å². The zero-order valence-corrected chi connectivity index (χ0v) is 13.3. The smallest absolute Gasteiger partial charge is 0.254 e. The molecule has 1 spiro atoms. The van der Waals surface area contributed by atoms with Gasteiger partial charge in [0.05, 0.1) is 19.7 Å². The number of carbonyl (C=O) groups is 1. The van der Waals surface area contributed by atoms with Crippen LogP contribution in [0.15, 0.2) is 43.0 Å². The summed E-state index contributed by atoms with van der Waals surface area (Å²) < 4.78 is 6.09. The molecule has 2 saturated heterocycles. The van der Waals surface area contributed by atoms with E-state index in [9.17, 15) is 4.79 Å². The van der Waals surface area contributed by atoms with Gasteiger partial charge in [0.2, 0.25) is 5.95 Å². The lowest BCUT2D eigenvalue weighted by Gasteiger charge is -2.40. The SMILES string of the molecule is O=C(c1ccncc1)N1CC[C@@]2(C1)CN(c1ncccn1)CCO2. The number of carbonyl (C=O) groups excluding carboxylic acids is 1. The molecule has 7 heteroatoms. The Morgan fingerprint density at radius 1 is 1.08 bits per heavy atom. The van der Waals surface area contributed by atoms with Crippen LogP contribution in [0.4, 0.5) is 5.95 Å². The highest BCUT2D eigenvalue weighted by Gasteiger charge is 2.44. The minimum Gasteiger partial charge on any atom is -0.369 e. The van der Waals surface area contributed by atoms with Crippen molar-refractivity contribution in [3.05, 3.63) is 48.5 Å². The monoisotopic (exact) mass is 325 g/mol. The molecule has 0 radical (unpaired) electrons. The highest BCUT2D eigenvalue weighted by molar-refractivity contribution is 5.94. The lowest BCUT2D eigenvalue weighted by Crippen LogP contribution is -2.54. The van der Waals surface area contributed by atoms with Gasteiger partial charge in [-0.1, -0.05) is 0 Å². The van der Waals surface area contributed by atoms with Crippen LogP contribution in [0.25, 0.3) is 0 Å². The summed E-state index contributed by atoms with van der Waals surface area (Å²) in [5.74, 6) is 0.755. The van der Waals surface area contributed by atoms with Gasteiger partial charge in [-0.2, -0.15) is 0 Å². The van der Waals surface area contributed by atoms with E-state index < -0.39 is 0 Å². The van der Waals surface area contributed by atoms with Crippen LogP contribution in [-0.4, -0.2) is 64.1 Å². The molecule has 0 bridgehead atoms. The number of aromatic nitrogens is 3. The number of nitrogens with zero attached hydrogens (tertiary/aromatic N) is 5. The summed E-state index contributed by atoms with van der Waals surface area (Å²) in [5, 5.41) is 0. The molecule has 0 saturated carbocycles. The van der Waals surface area contributed by atoms with Gasteiger partial charge in [0.15, 0.2) is 0 Å². The fourth-order valence-electron chi connectivity index (χ4n) is 3.41. The number of hydrogen-bond donors (Lipinski definition) is 0. The van der Waals surface area contributed by atoms with Gasteiger partial charge in [0.1, 0.15) is 5.60 Å². The summed E-state index contributed by atoms with van der Waals surface area (Å²) in [6.45, 7) is 3.39. The second kappa shape index (κ2) is 6.16. The summed E-state index contributed by atoms with van der Waals surface area (Å²) in [4.78, 5) is 29.3.